The Morgan fingerprint density at radius 2 is 1.60 bits per heavy atom. The van der Waals surface area contributed by atoms with Crippen molar-refractivity contribution in [2.24, 2.45) is 0 Å². The molecule has 1 aliphatic rings. The summed E-state index contributed by atoms with van der Waals surface area (Å²) in [5.74, 6) is -0.709. The maximum Gasteiger partial charge on any atom is 0.343 e. The van der Waals surface area contributed by atoms with E-state index in [1.165, 1.54) is 4.90 Å². The minimum Gasteiger partial charge on any atom is -0.463 e. The van der Waals surface area contributed by atoms with Crippen LogP contribution in [0.4, 0.5) is 4.79 Å². The van der Waals surface area contributed by atoms with Crippen LogP contribution < -0.4 is 10.1 Å². The molecule has 1 N–H and O–H groups in total. The van der Waals surface area contributed by atoms with Gasteiger partial charge in [-0.05, 0) is 49.2 Å². The number of nitrogens with zero attached hydrogens (tertiary/aromatic N) is 1. The van der Waals surface area contributed by atoms with E-state index in [9.17, 15) is 14.4 Å². The van der Waals surface area contributed by atoms with Gasteiger partial charge in [0.15, 0.2) is 0 Å². The summed E-state index contributed by atoms with van der Waals surface area (Å²) in [5.41, 5.74) is 2.78. The van der Waals surface area contributed by atoms with Gasteiger partial charge in [0.2, 0.25) is 0 Å². The molecule has 0 aromatic heterocycles. The summed E-state index contributed by atoms with van der Waals surface area (Å²) in [5, 5.41) is 2.92. The number of urea groups is 1. The summed E-state index contributed by atoms with van der Waals surface area (Å²) in [6.45, 7) is 3.97. The molecule has 1 unspecified atom stereocenters. The highest BCUT2D eigenvalue weighted by Crippen LogP contribution is 2.33. The highest BCUT2D eigenvalue weighted by Gasteiger charge is 2.36. The van der Waals surface area contributed by atoms with Gasteiger partial charge in [-0.1, -0.05) is 60.7 Å². The number of rotatable bonds is 7. The molecule has 0 saturated carbocycles. The number of allylic oxidation sites excluding steroid dienone is 1. The van der Waals surface area contributed by atoms with Crippen LogP contribution in [-0.4, -0.2) is 29.5 Å². The predicted octanol–water partition coefficient (Wildman–Crippen LogP) is 5.01. The summed E-state index contributed by atoms with van der Waals surface area (Å²) in [7, 11) is 0. The molecular weight excluding hydrogens is 444 g/mol. The first kappa shape index (κ1) is 23.8. The van der Waals surface area contributed by atoms with Crippen molar-refractivity contribution < 1.29 is 23.9 Å². The molecule has 1 aliphatic heterocycles. The van der Waals surface area contributed by atoms with Gasteiger partial charge in [0, 0.05) is 5.70 Å². The first-order valence-corrected chi connectivity index (χ1v) is 11.3. The van der Waals surface area contributed by atoms with Crippen LogP contribution in [0.15, 0.2) is 96.2 Å². The van der Waals surface area contributed by atoms with E-state index >= 15 is 0 Å². The largest absolute Gasteiger partial charge is 0.463 e. The summed E-state index contributed by atoms with van der Waals surface area (Å²) >= 11 is 0. The van der Waals surface area contributed by atoms with Crippen LogP contribution >= 0.6 is 0 Å². The normalized spacial score (nSPS) is 15.4. The summed E-state index contributed by atoms with van der Waals surface area (Å²) in [6.07, 6.45) is 0. The Kier molecular flexibility index (Phi) is 7.26. The average Bonchev–Trinajstić information content (AvgIpc) is 2.87. The first-order valence-electron chi connectivity index (χ1n) is 11.3. The Morgan fingerprint density at radius 1 is 0.914 bits per heavy atom. The lowest BCUT2D eigenvalue weighted by Crippen LogP contribution is -2.47. The molecule has 7 heteroatoms. The SMILES string of the molecule is CCOC(=O)C1=C(C)N(Cc2ccccc2)C(=O)NC1c1cccc(OC(=O)c2ccccc2)c1. The number of carbonyl (C=O) groups excluding carboxylic acids is 3. The molecule has 0 saturated heterocycles. The average molecular weight is 471 g/mol. The summed E-state index contributed by atoms with van der Waals surface area (Å²) in [4.78, 5) is 40.1. The fourth-order valence-corrected chi connectivity index (χ4v) is 3.96. The highest BCUT2D eigenvalue weighted by atomic mass is 16.5. The van der Waals surface area contributed by atoms with Gasteiger partial charge in [0.25, 0.3) is 0 Å². The lowest BCUT2D eigenvalue weighted by molar-refractivity contribution is -0.139. The second kappa shape index (κ2) is 10.7. The molecule has 1 heterocycles. The fraction of sp³-hybridized carbons (Fsp3) is 0.179. The van der Waals surface area contributed by atoms with Gasteiger partial charge in [-0.15, -0.1) is 0 Å². The van der Waals surface area contributed by atoms with Crippen molar-refractivity contribution in [2.75, 3.05) is 6.61 Å². The van der Waals surface area contributed by atoms with E-state index in [1.807, 2.05) is 36.4 Å². The number of nitrogens with one attached hydrogen (secondary N) is 1. The number of benzene rings is 3. The van der Waals surface area contributed by atoms with E-state index < -0.39 is 18.0 Å². The van der Waals surface area contributed by atoms with Crippen molar-refractivity contribution >= 4 is 18.0 Å². The first-order chi connectivity index (χ1) is 17.0. The topological polar surface area (TPSA) is 84.9 Å². The number of ether oxygens (including phenoxy) is 2. The molecule has 0 fully saturated rings. The monoisotopic (exact) mass is 470 g/mol. The van der Waals surface area contributed by atoms with Crippen LogP contribution in [0.25, 0.3) is 0 Å². The molecule has 0 aliphatic carbocycles. The number of hydrogen-bond acceptors (Lipinski definition) is 5. The zero-order valence-corrected chi connectivity index (χ0v) is 19.6. The Labute approximate surface area is 204 Å². The van der Waals surface area contributed by atoms with Crippen molar-refractivity contribution in [3.8, 4) is 5.75 Å². The molecule has 0 bridgehead atoms. The van der Waals surface area contributed by atoms with Gasteiger partial charge in [0.05, 0.1) is 30.3 Å². The Hall–Kier alpha value is -4.39. The number of esters is 2. The van der Waals surface area contributed by atoms with Gasteiger partial charge in [-0.2, -0.15) is 0 Å². The fourth-order valence-electron chi connectivity index (χ4n) is 3.96. The highest BCUT2D eigenvalue weighted by molar-refractivity contribution is 5.95. The number of amides is 2. The molecule has 3 aromatic rings. The van der Waals surface area contributed by atoms with Crippen molar-refractivity contribution in [1.82, 2.24) is 10.2 Å². The van der Waals surface area contributed by atoms with E-state index in [-0.39, 0.29) is 12.6 Å². The second-order valence-electron chi connectivity index (χ2n) is 8.00. The van der Waals surface area contributed by atoms with E-state index in [0.717, 1.165) is 5.56 Å². The third-order valence-corrected chi connectivity index (χ3v) is 5.69. The Bertz CT molecular complexity index is 1250. The standard InChI is InChI=1S/C28H26N2O5/c1-3-34-27(32)24-19(2)30(18-20-11-6-4-7-12-20)28(33)29-25(24)22-15-10-16-23(17-22)35-26(31)21-13-8-5-9-14-21/h4-17,25H,3,18H2,1-2H3,(H,29,33). The van der Waals surface area contributed by atoms with E-state index in [0.29, 0.717) is 34.7 Å². The summed E-state index contributed by atoms with van der Waals surface area (Å²) in [6, 6.07) is 23.9. The molecule has 35 heavy (non-hydrogen) atoms. The number of hydrogen-bond donors (Lipinski definition) is 1. The van der Waals surface area contributed by atoms with Crippen LogP contribution in [0.3, 0.4) is 0 Å². The van der Waals surface area contributed by atoms with Crippen molar-refractivity contribution in [3.05, 3.63) is 113 Å². The van der Waals surface area contributed by atoms with Gasteiger partial charge < -0.3 is 14.8 Å². The molecule has 4 rings (SSSR count). The third kappa shape index (κ3) is 5.41. The van der Waals surface area contributed by atoms with Crippen molar-refractivity contribution in [2.45, 2.75) is 26.4 Å². The molecule has 0 radical (unpaired) electrons. The van der Waals surface area contributed by atoms with E-state index in [4.69, 9.17) is 9.47 Å². The zero-order chi connectivity index (χ0) is 24.8. The van der Waals surface area contributed by atoms with Crippen molar-refractivity contribution in [1.29, 1.82) is 0 Å². The van der Waals surface area contributed by atoms with Gasteiger partial charge in [0.1, 0.15) is 5.75 Å². The maximum atomic E-state index is 13.1. The summed E-state index contributed by atoms with van der Waals surface area (Å²) < 4.78 is 10.9. The molecule has 7 nitrogen and oxygen atoms in total. The van der Waals surface area contributed by atoms with Crippen molar-refractivity contribution in [3.63, 3.8) is 0 Å². The maximum absolute atomic E-state index is 13.1. The predicted molar refractivity (Wildman–Crippen MR) is 130 cm³/mol. The van der Waals surface area contributed by atoms with E-state index in [2.05, 4.69) is 5.32 Å². The third-order valence-electron chi connectivity index (χ3n) is 5.69. The zero-order valence-electron chi connectivity index (χ0n) is 19.6. The van der Waals surface area contributed by atoms with Crippen LogP contribution in [0.2, 0.25) is 0 Å². The lowest BCUT2D eigenvalue weighted by atomic mass is 9.94. The quantitative estimate of drug-likeness (QED) is 0.388. The molecule has 178 valence electrons. The second-order valence-corrected chi connectivity index (χ2v) is 8.00. The van der Waals surface area contributed by atoms with Crippen LogP contribution in [0, 0.1) is 0 Å². The molecule has 1 atom stereocenters. The van der Waals surface area contributed by atoms with Gasteiger partial charge in [-0.25, -0.2) is 14.4 Å². The number of carbonyl (C=O) groups is 3. The Balaban J connectivity index is 1.66. The molecule has 3 aromatic carbocycles. The van der Waals surface area contributed by atoms with Gasteiger partial charge in [-0.3, -0.25) is 4.90 Å². The molecular formula is C28H26N2O5. The minimum atomic E-state index is -0.760. The van der Waals surface area contributed by atoms with Gasteiger partial charge >= 0.3 is 18.0 Å². The minimum absolute atomic E-state index is 0.198. The van der Waals surface area contributed by atoms with Crippen LogP contribution in [0.1, 0.15) is 41.4 Å². The van der Waals surface area contributed by atoms with E-state index in [1.54, 1.807) is 62.4 Å². The Morgan fingerprint density at radius 3 is 2.29 bits per heavy atom. The molecule has 0 spiro atoms. The lowest BCUT2D eigenvalue weighted by Gasteiger charge is -2.35. The van der Waals surface area contributed by atoms with Crippen LogP contribution in [-0.2, 0) is 16.1 Å². The smallest absolute Gasteiger partial charge is 0.343 e. The van der Waals surface area contributed by atoms with Crippen LogP contribution in [0.5, 0.6) is 5.75 Å². The molecule has 2 amide bonds.